The summed E-state index contributed by atoms with van der Waals surface area (Å²) in [4.78, 5) is 11.1. The lowest BCUT2D eigenvalue weighted by atomic mass is 10.0. The van der Waals surface area contributed by atoms with Crippen LogP contribution >= 0.6 is 0 Å². The molecule has 0 radical (unpaired) electrons. The number of hydrogen-bond donors (Lipinski definition) is 1. The molecule has 1 aliphatic heterocycles. The Bertz CT molecular complexity index is 568. The van der Waals surface area contributed by atoms with Gasteiger partial charge in [0.15, 0.2) is 0 Å². The van der Waals surface area contributed by atoms with Gasteiger partial charge in [0.2, 0.25) is 0 Å². The lowest BCUT2D eigenvalue weighted by Crippen LogP contribution is -2.37. The smallest absolute Gasteiger partial charge is 0.125 e. The van der Waals surface area contributed by atoms with Crippen molar-refractivity contribution in [3.8, 4) is 0 Å². The molecule has 0 spiro atoms. The van der Waals surface area contributed by atoms with E-state index in [0.29, 0.717) is 0 Å². The van der Waals surface area contributed by atoms with Gasteiger partial charge in [-0.1, -0.05) is 30.3 Å². The molecular weight excluding hydrogens is 236 g/mol. The number of nitrogens with zero attached hydrogens (tertiary/aromatic N) is 3. The molecule has 3 rings (SSSR count). The molecule has 98 valence electrons. The third kappa shape index (κ3) is 2.64. The minimum absolute atomic E-state index is 0.00747. The third-order valence-electron chi connectivity index (χ3n) is 3.50. The van der Waals surface area contributed by atoms with Crippen LogP contribution in [0.25, 0.3) is 0 Å². The van der Waals surface area contributed by atoms with E-state index in [1.165, 1.54) is 5.56 Å². The van der Waals surface area contributed by atoms with Gasteiger partial charge in [0.1, 0.15) is 5.82 Å². The summed E-state index contributed by atoms with van der Waals surface area (Å²) in [5.41, 5.74) is 9.69. The quantitative estimate of drug-likeness (QED) is 0.888. The van der Waals surface area contributed by atoms with E-state index in [4.69, 9.17) is 5.73 Å². The average Bonchev–Trinajstić information content (AvgIpc) is 2.39. The van der Waals surface area contributed by atoms with Crippen molar-refractivity contribution in [1.82, 2.24) is 14.9 Å². The molecule has 0 saturated heterocycles. The molecule has 0 fully saturated rings. The van der Waals surface area contributed by atoms with Gasteiger partial charge in [0, 0.05) is 37.4 Å². The van der Waals surface area contributed by atoms with Crippen LogP contribution in [0.2, 0.25) is 0 Å². The van der Waals surface area contributed by atoms with E-state index < -0.39 is 0 Å². The molecule has 1 aromatic heterocycles. The van der Waals surface area contributed by atoms with Crippen LogP contribution in [-0.4, -0.2) is 21.4 Å². The molecule has 19 heavy (non-hydrogen) atoms. The van der Waals surface area contributed by atoms with E-state index in [-0.39, 0.29) is 6.04 Å². The normalized spacial score (nSPS) is 19.2. The summed E-state index contributed by atoms with van der Waals surface area (Å²) in [5, 5.41) is 0. The van der Waals surface area contributed by atoms with Crippen LogP contribution in [0.5, 0.6) is 0 Å². The van der Waals surface area contributed by atoms with Crippen molar-refractivity contribution in [1.29, 1.82) is 0 Å². The largest absolute Gasteiger partial charge is 0.323 e. The van der Waals surface area contributed by atoms with Crippen LogP contribution in [0.4, 0.5) is 0 Å². The standard InChI is InChI=1S/C15H18N4/c1-11-17-7-13-14(16)9-19(10-15(13)18-11)8-12-5-3-2-4-6-12/h2-7,14H,8-10,16H2,1H3. The minimum Gasteiger partial charge on any atom is -0.323 e. The average molecular weight is 254 g/mol. The molecule has 1 aromatic carbocycles. The topological polar surface area (TPSA) is 55.0 Å². The van der Waals surface area contributed by atoms with Crippen molar-refractivity contribution in [2.24, 2.45) is 5.73 Å². The molecular formula is C15H18N4. The predicted octanol–water partition coefficient (Wildman–Crippen LogP) is 1.80. The summed E-state index contributed by atoms with van der Waals surface area (Å²) in [6.07, 6.45) is 1.88. The highest BCUT2D eigenvalue weighted by Crippen LogP contribution is 2.24. The highest BCUT2D eigenvalue weighted by Gasteiger charge is 2.24. The van der Waals surface area contributed by atoms with Crippen molar-refractivity contribution >= 4 is 0 Å². The van der Waals surface area contributed by atoms with Gasteiger partial charge in [0.05, 0.1) is 5.69 Å². The predicted molar refractivity (Wildman–Crippen MR) is 74.3 cm³/mol. The number of fused-ring (bicyclic) bond motifs is 1. The van der Waals surface area contributed by atoms with Crippen molar-refractivity contribution in [2.45, 2.75) is 26.1 Å². The fourth-order valence-corrected chi connectivity index (χ4v) is 2.58. The zero-order chi connectivity index (χ0) is 13.2. The molecule has 0 amide bonds. The number of aromatic nitrogens is 2. The van der Waals surface area contributed by atoms with Crippen molar-refractivity contribution in [2.75, 3.05) is 6.54 Å². The fourth-order valence-electron chi connectivity index (χ4n) is 2.58. The van der Waals surface area contributed by atoms with Gasteiger partial charge in [-0.3, -0.25) is 4.90 Å². The second kappa shape index (κ2) is 5.07. The van der Waals surface area contributed by atoms with Crippen LogP contribution in [0, 0.1) is 6.92 Å². The number of rotatable bonds is 2. The maximum absolute atomic E-state index is 6.22. The van der Waals surface area contributed by atoms with E-state index in [0.717, 1.165) is 36.7 Å². The van der Waals surface area contributed by atoms with Gasteiger partial charge < -0.3 is 5.73 Å². The summed E-state index contributed by atoms with van der Waals surface area (Å²) >= 11 is 0. The summed E-state index contributed by atoms with van der Waals surface area (Å²) < 4.78 is 0. The highest BCUT2D eigenvalue weighted by atomic mass is 15.2. The van der Waals surface area contributed by atoms with Crippen molar-refractivity contribution < 1.29 is 0 Å². The second-order valence-corrected chi connectivity index (χ2v) is 5.08. The van der Waals surface area contributed by atoms with E-state index >= 15 is 0 Å². The molecule has 1 atom stereocenters. The van der Waals surface area contributed by atoms with Crippen LogP contribution in [0.3, 0.4) is 0 Å². The number of aryl methyl sites for hydroxylation is 1. The maximum Gasteiger partial charge on any atom is 0.125 e. The van der Waals surface area contributed by atoms with E-state index in [1.54, 1.807) is 0 Å². The van der Waals surface area contributed by atoms with Crippen molar-refractivity contribution in [3.05, 3.63) is 59.2 Å². The summed E-state index contributed by atoms with van der Waals surface area (Å²) in [6.45, 7) is 4.54. The third-order valence-corrected chi connectivity index (χ3v) is 3.50. The Morgan fingerprint density at radius 3 is 2.89 bits per heavy atom. The summed E-state index contributed by atoms with van der Waals surface area (Å²) in [6, 6.07) is 10.5. The molecule has 1 unspecified atom stereocenters. The second-order valence-electron chi connectivity index (χ2n) is 5.08. The van der Waals surface area contributed by atoms with Crippen LogP contribution < -0.4 is 5.73 Å². The number of hydrogen-bond acceptors (Lipinski definition) is 4. The minimum atomic E-state index is 0.00747. The van der Waals surface area contributed by atoms with E-state index in [9.17, 15) is 0 Å². The SMILES string of the molecule is Cc1ncc2c(n1)CN(Cc1ccccc1)CC2N. The van der Waals surface area contributed by atoms with Gasteiger partial charge in [-0.05, 0) is 12.5 Å². The number of nitrogens with two attached hydrogens (primary N) is 1. The zero-order valence-electron chi connectivity index (χ0n) is 11.1. The molecule has 2 heterocycles. The molecule has 4 heteroatoms. The molecule has 0 saturated carbocycles. The van der Waals surface area contributed by atoms with Crippen LogP contribution in [0.1, 0.15) is 28.7 Å². The van der Waals surface area contributed by atoms with Crippen molar-refractivity contribution in [3.63, 3.8) is 0 Å². The van der Waals surface area contributed by atoms with Gasteiger partial charge in [-0.25, -0.2) is 9.97 Å². The lowest BCUT2D eigenvalue weighted by molar-refractivity contribution is 0.218. The monoisotopic (exact) mass is 254 g/mol. The molecule has 2 aromatic rings. The Morgan fingerprint density at radius 1 is 1.32 bits per heavy atom. The Morgan fingerprint density at radius 2 is 2.11 bits per heavy atom. The first kappa shape index (κ1) is 12.3. The van der Waals surface area contributed by atoms with Crippen LogP contribution in [0.15, 0.2) is 36.5 Å². The Balaban J connectivity index is 1.81. The zero-order valence-corrected chi connectivity index (χ0v) is 11.1. The van der Waals surface area contributed by atoms with Crippen LogP contribution in [-0.2, 0) is 13.1 Å². The summed E-state index contributed by atoms with van der Waals surface area (Å²) in [5.74, 6) is 0.813. The van der Waals surface area contributed by atoms with E-state index in [2.05, 4.69) is 39.1 Å². The maximum atomic E-state index is 6.22. The Labute approximate surface area is 113 Å². The number of benzene rings is 1. The molecule has 0 bridgehead atoms. The van der Waals surface area contributed by atoms with Gasteiger partial charge in [0.25, 0.3) is 0 Å². The highest BCUT2D eigenvalue weighted by molar-refractivity contribution is 5.25. The molecule has 2 N–H and O–H groups in total. The first-order valence-corrected chi connectivity index (χ1v) is 6.56. The summed E-state index contributed by atoms with van der Waals surface area (Å²) in [7, 11) is 0. The lowest BCUT2D eigenvalue weighted by Gasteiger charge is -2.31. The first-order chi connectivity index (χ1) is 9.22. The Hall–Kier alpha value is -1.78. The first-order valence-electron chi connectivity index (χ1n) is 6.56. The van der Waals surface area contributed by atoms with Gasteiger partial charge in [-0.2, -0.15) is 0 Å². The molecule has 0 aliphatic carbocycles. The molecule has 4 nitrogen and oxygen atoms in total. The molecule has 1 aliphatic rings. The Kier molecular flexibility index (Phi) is 3.27. The van der Waals surface area contributed by atoms with Gasteiger partial charge >= 0.3 is 0 Å². The van der Waals surface area contributed by atoms with Gasteiger partial charge in [-0.15, -0.1) is 0 Å². The fraction of sp³-hybridized carbons (Fsp3) is 0.333. The van der Waals surface area contributed by atoms with E-state index in [1.807, 2.05) is 19.2 Å².